The van der Waals surface area contributed by atoms with Crippen LogP contribution in [0.25, 0.3) is 22.5 Å². The van der Waals surface area contributed by atoms with Crippen molar-refractivity contribution in [1.82, 2.24) is 0 Å². The maximum atomic E-state index is 5.65. The van der Waals surface area contributed by atoms with Gasteiger partial charge in [0.05, 0.1) is 13.4 Å². The van der Waals surface area contributed by atoms with E-state index >= 15 is 0 Å². The number of furan rings is 1. The van der Waals surface area contributed by atoms with E-state index in [1.165, 1.54) is 0 Å². The molecule has 1 heterocycles. The summed E-state index contributed by atoms with van der Waals surface area (Å²) in [4.78, 5) is 0. The molecule has 3 rings (SSSR count). The van der Waals surface area contributed by atoms with Crippen molar-refractivity contribution in [2.24, 2.45) is 0 Å². The van der Waals surface area contributed by atoms with Crippen LogP contribution in [-0.2, 0) is 0 Å². The SMILES string of the molecule is COc1ccc(-c2coc(-c3ccc(Br)cc3)c2)cc1. The molecule has 0 fully saturated rings. The van der Waals surface area contributed by atoms with Crippen molar-refractivity contribution in [2.75, 3.05) is 7.11 Å². The Bertz CT molecular complexity index is 697. The predicted molar refractivity (Wildman–Crippen MR) is 83.8 cm³/mol. The minimum absolute atomic E-state index is 0.852. The molecule has 3 aromatic rings. The van der Waals surface area contributed by atoms with E-state index in [-0.39, 0.29) is 0 Å². The Hall–Kier alpha value is -2.00. The smallest absolute Gasteiger partial charge is 0.134 e. The molecule has 1 aromatic heterocycles. The molecule has 0 atom stereocenters. The van der Waals surface area contributed by atoms with Crippen LogP contribution in [0.5, 0.6) is 5.75 Å². The molecule has 0 amide bonds. The second-order valence-electron chi connectivity index (χ2n) is 4.44. The van der Waals surface area contributed by atoms with Crippen LogP contribution in [0.15, 0.2) is 69.8 Å². The Morgan fingerprint density at radius 2 is 1.50 bits per heavy atom. The van der Waals surface area contributed by atoms with Gasteiger partial charge in [0.25, 0.3) is 0 Å². The molecule has 0 aliphatic rings. The summed E-state index contributed by atoms with van der Waals surface area (Å²) in [5.41, 5.74) is 3.23. The van der Waals surface area contributed by atoms with E-state index in [0.717, 1.165) is 32.7 Å². The van der Waals surface area contributed by atoms with Crippen LogP contribution < -0.4 is 4.74 Å². The fourth-order valence-corrected chi connectivity index (χ4v) is 2.30. The third kappa shape index (κ3) is 2.63. The zero-order valence-electron chi connectivity index (χ0n) is 11.0. The van der Waals surface area contributed by atoms with Gasteiger partial charge in [0.2, 0.25) is 0 Å². The molecule has 0 aliphatic carbocycles. The molecule has 20 heavy (non-hydrogen) atoms. The van der Waals surface area contributed by atoms with Gasteiger partial charge in [-0.15, -0.1) is 0 Å². The van der Waals surface area contributed by atoms with E-state index in [2.05, 4.69) is 15.9 Å². The number of benzene rings is 2. The van der Waals surface area contributed by atoms with Gasteiger partial charge < -0.3 is 9.15 Å². The van der Waals surface area contributed by atoms with Crippen molar-refractivity contribution in [3.8, 4) is 28.2 Å². The second kappa shape index (κ2) is 5.55. The van der Waals surface area contributed by atoms with Gasteiger partial charge in [0, 0.05) is 15.6 Å². The molecule has 0 radical (unpaired) electrons. The highest BCUT2D eigenvalue weighted by Gasteiger charge is 2.06. The number of halogens is 1. The first-order valence-corrected chi connectivity index (χ1v) is 7.04. The molecule has 3 heteroatoms. The normalized spacial score (nSPS) is 10.5. The van der Waals surface area contributed by atoms with Gasteiger partial charge in [0.15, 0.2) is 0 Å². The lowest BCUT2D eigenvalue weighted by molar-refractivity contribution is 0.415. The van der Waals surface area contributed by atoms with E-state index in [4.69, 9.17) is 9.15 Å². The van der Waals surface area contributed by atoms with Gasteiger partial charge in [-0.2, -0.15) is 0 Å². The van der Waals surface area contributed by atoms with Crippen molar-refractivity contribution in [2.45, 2.75) is 0 Å². The number of methoxy groups -OCH3 is 1. The van der Waals surface area contributed by atoms with Crippen LogP contribution in [0, 0.1) is 0 Å². The highest BCUT2D eigenvalue weighted by atomic mass is 79.9. The zero-order valence-corrected chi connectivity index (χ0v) is 12.6. The lowest BCUT2D eigenvalue weighted by Gasteiger charge is -2.00. The minimum Gasteiger partial charge on any atom is -0.497 e. The third-order valence-corrected chi connectivity index (χ3v) is 3.68. The van der Waals surface area contributed by atoms with Gasteiger partial charge in [-0.1, -0.05) is 40.2 Å². The third-order valence-electron chi connectivity index (χ3n) is 3.15. The fourth-order valence-electron chi connectivity index (χ4n) is 2.04. The summed E-state index contributed by atoms with van der Waals surface area (Å²) < 4.78 is 11.9. The van der Waals surface area contributed by atoms with Gasteiger partial charge in [0.1, 0.15) is 11.5 Å². The van der Waals surface area contributed by atoms with Gasteiger partial charge in [-0.3, -0.25) is 0 Å². The quantitative estimate of drug-likeness (QED) is 0.643. The summed E-state index contributed by atoms with van der Waals surface area (Å²) in [6.07, 6.45) is 1.78. The molecule has 0 saturated carbocycles. The van der Waals surface area contributed by atoms with Crippen molar-refractivity contribution in [3.05, 3.63) is 65.3 Å². The maximum Gasteiger partial charge on any atom is 0.134 e. The molecule has 0 aliphatic heterocycles. The first-order valence-electron chi connectivity index (χ1n) is 6.25. The maximum absolute atomic E-state index is 5.65. The molecule has 0 saturated heterocycles. The van der Waals surface area contributed by atoms with E-state index in [1.807, 2.05) is 54.6 Å². The number of hydrogen-bond acceptors (Lipinski definition) is 2. The average Bonchev–Trinajstić information content (AvgIpc) is 2.98. The Labute approximate surface area is 126 Å². The monoisotopic (exact) mass is 328 g/mol. The van der Waals surface area contributed by atoms with Crippen LogP contribution in [0.2, 0.25) is 0 Å². The highest BCUT2D eigenvalue weighted by molar-refractivity contribution is 9.10. The van der Waals surface area contributed by atoms with Gasteiger partial charge in [-0.25, -0.2) is 0 Å². The summed E-state index contributed by atoms with van der Waals surface area (Å²) >= 11 is 3.43. The van der Waals surface area contributed by atoms with Crippen LogP contribution in [0.4, 0.5) is 0 Å². The molecule has 0 spiro atoms. The molecule has 0 unspecified atom stereocenters. The molecule has 0 N–H and O–H groups in total. The summed E-state index contributed by atoms with van der Waals surface area (Å²) in [7, 11) is 1.67. The first kappa shape index (κ1) is 13.0. The molecule has 2 nitrogen and oxygen atoms in total. The summed E-state index contributed by atoms with van der Waals surface area (Å²) in [6, 6.07) is 18.1. The molecular weight excluding hydrogens is 316 g/mol. The first-order chi connectivity index (χ1) is 9.76. The molecule has 2 aromatic carbocycles. The predicted octanol–water partition coefficient (Wildman–Crippen LogP) is 5.38. The Balaban J connectivity index is 1.91. The number of hydrogen-bond donors (Lipinski definition) is 0. The van der Waals surface area contributed by atoms with Crippen LogP contribution in [-0.4, -0.2) is 7.11 Å². The van der Waals surface area contributed by atoms with E-state index in [9.17, 15) is 0 Å². The summed E-state index contributed by atoms with van der Waals surface area (Å²) in [5, 5.41) is 0. The highest BCUT2D eigenvalue weighted by Crippen LogP contribution is 2.30. The zero-order chi connectivity index (χ0) is 13.9. The average molecular weight is 329 g/mol. The minimum atomic E-state index is 0.852. The summed E-state index contributed by atoms with van der Waals surface area (Å²) in [5.74, 6) is 1.72. The van der Waals surface area contributed by atoms with Crippen LogP contribution in [0.3, 0.4) is 0 Å². The van der Waals surface area contributed by atoms with Crippen LogP contribution in [0.1, 0.15) is 0 Å². The Morgan fingerprint density at radius 3 is 2.15 bits per heavy atom. The second-order valence-corrected chi connectivity index (χ2v) is 5.35. The van der Waals surface area contributed by atoms with E-state index in [0.29, 0.717) is 0 Å². The lowest BCUT2D eigenvalue weighted by atomic mass is 10.1. The Kier molecular flexibility index (Phi) is 3.61. The number of rotatable bonds is 3. The largest absolute Gasteiger partial charge is 0.497 e. The lowest BCUT2D eigenvalue weighted by Crippen LogP contribution is -1.81. The molecule has 0 bridgehead atoms. The van der Waals surface area contributed by atoms with E-state index < -0.39 is 0 Å². The standard InChI is InChI=1S/C17H13BrO2/c1-19-16-8-4-12(5-9-16)14-10-17(20-11-14)13-2-6-15(18)7-3-13/h2-11H,1H3. The van der Waals surface area contributed by atoms with Crippen molar-refractivity contribution >= 4 is 15.9 Å². The topological polar surface area (TPSA) is 22.4 Å². The van der Waals surface area contributed by atoms with Gasteiger partial charge in [-0.05, 0) is 35.9 Å². The van der Waals surface area contributed by atoms with Crippen molar-refractivity contribution in [1.29, 1.82) is 0 Å². The van der Waals surface area contributed by atoms with Crippen molar-refractivity contribution < 1.29 is 9.15 Å². The fraction of sp³-hybridized carbons (Fsp3) is 0.0588. The van der Waals surface area contributed by atoms with Crippen molar-refractivity contribution in [3.63, 3.8) is 0 Å². The molecule has 100 valence electrons. The van der Waals surface area contributed by atoms with E-state index in [1.54, 1.807) is 13.4 Å². The number of ether oxygens (including phenoxy) is 1. The van der Waals surface area contributed by atoms with Crippen LogP contribution >= 0.6 is 15.9 Å². The molecular formula is C17H13BrO2. The summed E-state index contributed by atoms with van der Waals surface area (Å²) in [6.45, 7) is 0. The Morgan fingerprint density at radius 1 is 0.850 bits per heavy atom. The van der Waals surface area contributed by atoms with Gasteiger partial charge >= 0.3 is 0 Å².